The Balaban J connectivity index is 1.80. The molecule has 0 bridgehead atoms. The van der Waals surface area contributed by atoms with Gasteiger partial charge < -0.3 is 4.74 Å². The second kappa shape index (κ2) is 7.80. The molecular formula is C21H17ClO2. The van der Waals surface area contributed by atoms with Crippen molar-refractivity contribution in [3.63, 3.8) is 0 Å². The molecule has 3 heteroatoms. The summed E-state index contributed by atoms with van der Waals surface area (Å²) in [5.74, 6) is -0.693. The van der Waals surface area contributed by atoms with Crippen molar-refractivity contribution < 1.29 is 9.53 Å². The van der Waals surface area contributed by atoms with Gasteiger partial charge >= 0.3 is 5.97 Å². The van der Waals surface area contributed by atoms with Crippen molar-refractivity contribution in [2.75, 3.05) is 0 Å². The molecule has 3 aromatic rings. The molecule has 120 valence electrons. The van der Waals surface area contributed by atoms with Gasteiger partial charge in [0.25, 0.3) is 0 Å². The Morgan fingerprint density at radius 2 is 1.29 bits per heavy atom. The van der Waals surface area contributed by atoms with E-state index in [-0.39, 0.29) is 12.6 Å². The van der Waals surface area contributed by atoms with Crippen LogP contribution in [0.3, 0.4) is 0 Å². The van der Waals surface area contributed by atoms with Gasteiger partial charge in [-0.05, 0) is 28.8 Å². The Kier molecular flexibility index (Phi) is 5.29. The van der Waals surface area contributed by atoms with Gasteiger partial charge in [-0.2, -0.15) is 0 Å². The Morgan fingerprint density at radius 1 is 0.792 bits per heavy atom. The number of benzene rings is 3. The van der Waals surface area contributed by atoms with Crippen molar-refractivity contribution in [3.8, 4) is 0 Å². The van der Waals surface area contributed by atoms with Crippen LogP contribution in [0.2, 0.25) is 5.02 Å². The third-order valence-corrected chi connectivity index (χ3v) is 4.05. The van der Waals surface area contributed by atoms with E-state index in [2.05, 4.69) is 0 Å². The second-order valence-electron chi connectivity index (χ2n) is 5.49. The summed E-state index contributed by atoms with van der Waals surface area (Å²) in [4.78, 5) is 12.7. The first kappa shape index (κ1) is 16.3. The predicted octanol–water partition coefficient (Wildman–Crippen LogP) is 5.22. The number of esters is 1. The maximum atomic E-state index is 12.7. The molecule has 0 aliphatic carbocycles. The molecule has 0 aromatic heterocycles. The molecule has 3 aromatic carbocycles. The Labute approximate surface area is 146 Å². The van der Waals surface area contributed by atoms with Crippen molar-refractivity contribution in [3.05, 3.63) is 107 Å². The molecule has 0 saturated carbocycles. The molecule has 0 atom stereocenters. The van der Waals surface area contributed by atoms with Gasteiger partial charge in [-0.25, -0.2) is 0 Å². The minimum atomic E-state index is -0.431. The molecule has 0 saturated heterocycles. The molecular weight excluding hydrogens is 320 g/mol. The molecule has 0 N–H and O–H groups in total. The summed E-state index contributed by atoms with van der Waals surface area (Å²) < 4.78 is 5.56. The highest BCUT2D eigenvalue weighted by atomic mass is 35.5. The standard InChI is InChI=1S/C21H17ClO2/c22-19-13-11-16(12-14-19)15-24-21(23)20(17-7-3-1-4-8-17)18-9-5-2-6-10-18/h1-14,20H,15H2. The smallest absolute Gasteiger partial charge is 0.318 e. The molecule has 0 spiro atoms. The van der Waals surface area contributed by atoms with E-state index in [0.717, 1.165) is 16.7 Å². The minimum absolute atomic E-state index is 0.228. The van der Waals surface area contributed by atoms with Crippen molar-refractivity contribution in [1.29, 1.82) is 0 Å². The van der Waals surface area contributed by atoms with Gasteiger partial charge in [0.2, 0.25) is 0 Å². The maximum absolute atomic E-state index is 12.7. The highest BCUT2D eigenvalue weighted by Crippen LogP contribution is 2.26. The normalized spacial score (nSPS) is 10.6. The Bertz CT molecular complexity index is 744. The SMILES string of the molecule is O=C(OCc1ccc(Cl)cc1)C(c1ccccc1)c1ccccc1. The lowest BCUT2D eigenvalue weighted by molar-refractivity contribution is -0.145. The van der Waals surface area contributed by atoms with Crippen LogP contribution in [0.15, 0.2) is 84.9 Å². The van der Waals surface area contributed by atoms with Crippen molar-refractivity contribution in [2.45, 2.75) is 12.5 Å². The number of ether oxygens (including phenoxy) is 1. The van der Waals surface area contributed by atoms with E-state index in [1.165, 1.54) is 0 Å². The maximum Gasteiger partial charge on any atom is 0.318 e. The van der Waals surface area contributed by atoms with Gasteiger partial charge in [0.1, 0.15) is 12.5 Å². The van der Waals surface area contributed by atoms with E-state index in [9.17, 15) is 4.79 Å². The fourth-order valence-corrected chi connectivity index (χ4v) is 2.70. The largest absolute Gasteiger partial charge is 0.460 e. The van der Waals surface area contributed by atoms with Gasteiger partial charge in [-0.15, -0.1) is 0 Å². The second-order valence-corrected chi connectivity index (χ2v) is 5.92. The van der Waals surface area contributed by atoms with Crippen LogP contribution in [-0.2, 0) is 16.1 Å². The summed E-state index contributed by atoms with van der Waals surface area (Å²) >= 11 is 5.88. The molecule has 2 nitrogen and oxygen atoms in total. The van der Waals surface area contributed by atoms with E-state index in [4.69, 9.17) is 16.3 Å². The highest BCUT2D eigenvalue weighted by molar-refractivity contribution is 6.30. The van der Waals surface area contributed by atoms with E-state index in [1.807, 2.05) is 72.8 Å². The summed E-state index contributed by atoms with van der Waals surface area (Å²) in [6.45, 7) is 0.228. The fraction of sp³-hybridized carbons (Fsp3) is 0.0952. The first-order valence-corrected chi connectivity index (χ1v) is 8.13. The topological polar surface area (TPSA) is 26.3 Å². The quantitative estimate of drug-likeness (QED) is 0.597. The molecule has 0 radical (unpaired) electrons. The van der Waals surface area contributed by atoms with Crippen LogP contribution >= 0.6 is 11.6 Å². The van der Waals surface area contributed by atoms with Crippen LogP contribution in [0.1, 0.15) is 22.6 Å². The van der Waals surface area contributed by atoms with Crippen LogP contribution in [0.5, 0.6) is 0 Å². The number of halogens is 1. The van der Waals surface area contributed by atoms with Gasteiger partial charge in [0.05, 0.1) is 0 Å². The summed E-state index contributed by atoms with van der Waals surface area (Å²) in [5.41, 5.74) is 2.75. The van der Waals surface area contributed by atoms with Crippen molar-refractivity contribution in [2.24, 2.45) is 0 Å². The fourth-order valence-electron chi connectivity index (χ4n) is 2.57. The first-order valence-electron chi connectivity index (χ1n) is 7.75. The number of hydrogen-bond donors (Lipinski definition) is 0. The molecule has 0 aliphatic heterocycles. The summed E-state index contributed by atoms with van der Waals surface area (Å²) in [6, 6.07) is 26.7. The average Bonchev–Trinajstić information content (AvgIpc) is 2.63. The predicted molar refractivity (Wildman–Crippen MR) is 96.0 cm³/mol. The Hall–Kier alpha value is -2.58. The molecule has 3 rings (SSSR count). The zero-order valence-electron chi connectivity index (χ0n) is 13.1. The van der Waals surface area contributed by atoms with E-state index in [1.54, 1.807) is 12.1 Å². The number of hydrogen-bond acceptors (Lipinski definition) is 2. The zero-order chi connectivity index (χ0) is 16.8. The van der Waals surface area contributed by atoms with Crippen LogP contribution in [0.25, 0.3) is 0 Å². The first-order chi connectivity index (χ1) is 11.7. The molecule has 0 aliphatic rings. The van der Waals surface area contributed by atoms with Crippen LogP contribution in [-0.4, -0.2) is 5.97 Å². The number of carbonyl (C=O) groups is 1. The zero-order valence-corrected chi connectivity index (χ0v) is 13.8. The monoisotopic (exact) mass is 336 g/mol. The van der Waals surface area contributed by atoms with Crippen LogP contribution in [0, 0.1) is 0 Å². The van der Waals surface area contributed by atoms with E-state index < -0.39 is 5.92 Å². The molecule has 0 heterocycles. The molecule has 0 unspecified atom stereocenters. The minimum Gasteiger partial charge on any atom is -0.460 e. The van der Waals surface area contributed by atoms with Gasteiger partial charge in [-0.1, -0.05) is 84.4 Å². The lowest BCUT2D eigenvalue weighted by atomic mass is 9.91. The van der Waals surface area contributed by atoms with Crippen molar-refractivity contribution in [1.82, 2.24) is 0 Å². The molecule has 0 fully saturated rings. The summed E-state index contributed by atoms with van der Waals surface area (Å²) in [5, 5.41) is 0.663. The third kappa shape index (κ3) is 4.03. The number of carbonyl (C=O) groups excluding carboxylic acids is 1. The van der Waals surface area contributed by atoms with E-state index in [0.29, 0.717) is 5.02 Å². The highest BCUT2D eigenvalue weighted by Gasteiger charge is 2.24. The third-order valence-electron chi connectivity index (χ3n) is 3.80. The Morgan fingerprint density at radius 3 is 1.79 bits per heavy atom. The summed E-state index contributed by atoms with van der Waals surface area (Å²) in [6.07, 6.45) is 0. The van der Waals surface area contributed by atoms with Crippen molar-refractivity contribution >= 4 is 17.6 Å². The lowest BCUT2D eigenvalue weighted by Crippen LogP contribution is -2.17. The lowest BCUT2D eigenvalue weighted by Gasteiger charge is -2.17. The molecule has 0 amide bonds. The molecule has 24 heavy (non-hydrogen) atoms. The van der Waals surface area contributed by atoms with Gasteiger partial charge in [0.15, 0.2) is 0 Å². The van der Waals surface area contributed by atoms with Gasteiger partial charge in [0, 0.05) is 5.02 Å². The van der Waals surface area contributed by atoms with Crippen LogP contribution in [0.4, 0.5) is 0 Å². The van der Waals surface area contributed by atoms with Gasteiger partial charge in [-0.3, -0.25) is 4.79 Å². The number of rotatable bonds is 5. The van der Waals surface area contributed by atoms with Crippen LogP contribution < -0.4 is 0 Å². The summed E-state index contributed by atoms with van der Waals surface area (Å²) in [7, 11) is 0. The average molecular weight is 337 g/mol. The van der Waals surface area contributed by atoms with E-state index >= 15 is 0 Å².